The molecule has 0 saturated carbocycles. The summed E-state index contributed by atoms with van der Waals surface area (Å²) in [5, 5.41) is 1.24. The van der Waals surface area contributed by atoms with E-state index >= 15 is 0 Å². The van der Waals surface area contributed by atoms with Crippen molar-refractivity contribution in [1.29, 1.82) is 0 Å². The number of hydrogen-bond donors (Lipinski definition) is 0. The lowest BCUT2D eigenvalue weighted by atomic mass is 10.0. The van der Waals surface area contributed by atoms with E-state index in [1.807, 2.05) is 31.2 Å². The highest BCUT2D eigenvalue weighted by molar-refractivity contribution is 7.89. The molecule has 7 heteroatoms. The third kappa shape index (κ3) is 4.27. The third-order valence-electron chi connectivity index (χ3n) is 4.98. The van der Waals surface area contributed by atoms with Gasteiger partial charge in [-0.25, -0.2) is 8.42 Å². The van der Waals surface area contributed by atoms with Crippen LogP contribution in [0.25, 0.3) is 0 Å². The van der Waals surface area contributed by atoms with Crippen LogP contribution in [0.5, 0.6) is 0 Å². The monoisotopic (exact) mass is 426 g/mol. The Kier molecular flexibility index (Phi) is 6.06. The smallest absolute Gasteiger partial charge is 0.243 e. The molecule has 0 N–H and O–H groups in total. The Hall–Kier alpha value is -1.27. The summed E-state index contributed by atoms with van der Waals surface area (Å²) in [6.45, 7) is 7.94. The van der Waals surface area contributed by atoms with E-state index in [4.69, 9.17) is 23.2 Å². The fraction of sp³-hybridized carbons (Fsp3) is 0.400. The zero-order chi connectivity index (χ0) is 19.8. The molecule has 1 heterocycles. The van der Waals surface area contributed by atoms with Gasteiger partial charge < -0.3 is 4.90 Å². The maximum absolute atomic E-state index is 13.2. The lowest BCUT2D eigenvalue weighted by molar-refractivity contribution is 0.384. The first-order valence-corrected chi connectivity index (χ1v) is 11.2. The number of rotatable bonds is 4. The topological polar surface area (TPSA) is 40.6 Å². The second-order valence-electron chi connectivity index (χ2n) is 7.17. The Bertz CT molecular complexity index is 937. The molecule has 146 valence electrons. The average molecular weight is 427 g/mol. The fourth-order valence-corrected chi connectivity index (χ4v) is 5.38. The Morgan fingerprint density at radius 2 is 1.63 bits per heavy atom. The summed E-state index contributed by atoms with van der Waals surface area (Å²) < 4.78 is 28.0. The molecule has 3 rings (SSSR count). The van der Waals surface area contributed by atoms with E-state index in [0.29, 0.717) is 41.1 Å². The first-order valence-electron chi connectivity index (χ1n) is 9.01. The number of benzene rings is 2. The largest absolute Gasteiger partial charge is 0.368 e. The van der Waals surface area contributed by atoms with Gasteiger partial charge in [0.25, 0.3) is 0 Å². The van der Waals surface area contributed by atoms with Crippen molar-refractivity contribution in [3.05, 3.63) is 57.6 Å². The average Bonchev–Trinajstić information content (AvgIpc) is 2.64. The minimum atomic E-state index is -3.53. The van der Waals surface area contributed by atoms with E-state index < -0.39 is 10.0 Å². The standard InChI is InChI=1S/C20H24Cl2N2O2S/c1-14(2)16-5-4-15(3)20(12-16)27(25,26)24-10-8-23(9-11-24)19-13-17(21)6-7-18(19)22/h4-7,12-14H,8-11H2,1-3H3. The van der Waals surface area contributed by atoms with Gasteiger partial charge in [0.1, 0.15) is 0 Å². The van der Waals surface area contributed by atoms with Crippen LogP contribution in [0, 0.1) is 6.92 Å². The van der Waals surface area contributed by atoms with Gasteiger partial charge >= 0.3 is 0 Å². The maximum atomic E-state index is 13.2. The van der Waals surface area contributed by atoms with Crippen molar-refractivity contribution in [2.75, 3.05) is 31.1 Å². The summed E-state index contributed by atoms with van der Waals surface area (Å²) in [7, 11) is -3.53. The second kappa shape index (κ2) is 8.00. The lowest BCUT2D eigenvalue weighted by Gasteiger charge is -2.36. The molecule has 0 aliphatic carbocycles. The molecule has 0 atom stereocenters. The van der Waals surface area contributed by atoms with Gasteiger partial charge in [0.05, 0.1) is 15.6 Å². The zero-order valence-electron chi connectivity index (χ0n) is 15.7. The molecule has 0 spiro atoms. The Labute approximate surface area is 171 Å². The van der Waals surface area contributed by atoms with Crippen LogP contribution in [-0.2, 0) is 10.0 Å². The van der Waals surface area contributed by atoms with Crippen molar-refractivity contribution >= 4 is 38.9 Å². The molecular formula is C20H24Cl2N2O2S. The molecule has 4 nitrogen and oxygen atoms in total. The normalized spacial score (nSPS) is 16.1. The molecule has 0 aromatic heterocycles. The highest BCUT2D eigenvalue weighted by Gasteiger charge is 2.30. The highest BCUT2D eigenvalue weighted by Crippen LogP contribution is 2.31. The van der Waals surface area contributed by atoms with E-state index in [0.717, 1.165) is 16.8 Å². The molecule has 1 aliphatic heterocycles. The van der Waals surface area contributed by atoms with Crippen LogP contribution in [-0.4, -0.2) is 38.9 Å². The summed E-state index contributed by atoms with van der Waals surface area (Å²) in [5.74, 6) is 0.279. The molecule has 0 bridgehead atoms. The summed E-state index contributed by atoms with van der Waals surface area (Å²) in [5.41, 5.74) is 2.66. The zero-order valence-corrected chi connectivity index (χ0v) is 18.1. The SMILES string of the molecule is Cc1ccc(C(C)C)cc1S(=O)(=O)N1CCN(c2cc(Cl)ccc2Cl)CC1. The van der Waals surface area contributed by atoms with Gasteiger partial charge in [0.2, 0.25) is 10.0 Å². The fourth-order valence-electron chi connectivity index (χ4n) is 3.29. The van der Waals surface area contributed by atoms with Crippen molar-refractivity contribution in [3.8, 4) is 0 Å². The molecule has 2 aromatic carbocycles. The predicted molar refractivity (Wildman–Crippen MR) is 113 cm³/mol. The lowest BCUT2D eigenvalue weighted by Crippen LogP contribution is -2.48. The molecule has 27 heavy (non-hydrogen) atoms. The second-order valence-corrected chi connectivity index (χ2v) is 9.92. The molecular weight excluding hydrogens is 403 g/mol. The van der Waals surface area contributed by atoms with Crippen molar-refractivity contribution in [2.45, 2.75) is 31.6 Å². The molecule has 1 fully saturated rings. The van der Waals surface area contributed by atoms with Gasteiger partial charge in [0, 0.05) is 31.2 Å². The van der Waals surface area contributed by atoms with Crippen LogP contribution >= 0.6 is 23.2 Å². The van der Waals surface area contributed by atoms with Gasteiger partial charge in [0.15, 0.2) is 0 Å². The molecule has 1 aliphatic rings. The quantitative estimate of drug-likeness (QED) is 0.694. The third-order valence-corrected chi connectivity index (χ3v) is 7.58. The van der Waals surface area contributed by atoms with Gasteiger partial charge in [-0.05, 0) is 48.2 Å². The molecule has 0 radical (unpaired) electrons. The van der Waals surface area contributed by atoms with Gasteiger partial charge in [-0.3, -0.25) is 0 Å². The van der Waals surface area contributed by atoms with E-state index in [2.05, 4.69) is 18.7 Å². The van der Waals surface area contributed by atoms with E-state index in [-0.39, 0.29) is 5.92 Å². The van der Waals surface area contributed by atoms with Crippen LogP contribution in [0.4, 0.5) is 5.69 Å². The van der Waals surface area contributed by atoms with Crippen LogP contribution in [0.1, 0.15) is 30.9 Å². The Balaban J connectivity index is 1.81. The number of anilines is 1. The summed E-state index contributed by atoms with van der Waals surface area (Å²) >= 11 is 12.4. The summed E-state index contributed by atoms with van der Waals surface area (Å²) in [4.78, 5) is 2.49. The molecule has 2 aromatic rings. The Morgan fingerprint density at radius 3 is 2.26 bits per heavy atom. The molecule has 0 unspecified atom stereocenters. The van der Waals surface area contributed by atoms with Gasteiger partial charge in [-0.2, -0.15) is 4.31 Å². The van der Waals surface area contributed by atoms with E-state index in [1.54, 1.807) is 16.4 Å². The van der Waals surface area contributed by atoms with Crippen molar-refractivity contribution in [3.63, 3.8) is 0 Å². The van der Waals surface area contributed by atoms with Gasteiger partial charge in [-0.1, -0.05) is 49.2 Å². The van der Waals surface area contributed by atoms with Crippen LogP contribution in [0.3, 0.4) is 0 Å². The van der Waals surface area contributed by atoms with E-state index in [1.165, 1.54) is 0 Å². The number of sulfonamides is 1. The number of hydrogen-bond acceptors (Lipinski definition) is 3. The van der Waals surface area contributed by atoms with Crippen molar-refractivity contribution in [1.82, 2.24) is 4.31 Å². The molecule has 0 amide bonds. The first kappa shape index (κ1) is 20.5. The molecule has 1 saturated heterocycles. The van der Waals surface area contributed by atoms with Crippen LogP contribution < -0.4 is 4.90 Å². The summed E-state index contributed by atoms with van der Waals surface area (Å²) in [6, 6.07) is 11.0. The van der Waals surface area contributed by atoms with Crippen molar-refractivity contribution in [2.24, 2.45) is 0 Å². The van der Waals surface area contributed by atoms with E-state index in [9.17, 15) is 8.42 Å². The number of aryl methyl sites for hydroxylation is 1. The van der Waals surface area contributed by atoms with Crippen LogP contribution in [0.2, 0.25) is 10.0 Å². The summed E-state index contributed by atoms with van der Waals surface area (Å²) in [6.07, 6.45) is 0. The highest BCUT2D eigenvalue weighted by atomic mass is 35.5. The minimum Gasteiger partial charge on any atom is -0.368 e. The minimum absolute atomic E-state index is 0.279. The number of halogens is 2. The maximum Gasteiger partial charge on any atom is 0.243 e. The van der Waals surface area contributed by atoms with Crippen molar-refractivity contribution < 1.29 is 8.42 Å². The van der Waals surface area contributed by atoms with Gasteiger partial charge in [-0.15, -0.1) is 0 Å². The number of piperazine rings is 1. The van der Waals surface area contributed by atoms with Crippen LogP contribution in [0.15, 0.2) is 41.3 Å². The predicted octanol–water partition coefficient (Wildman–Crippen LogP) is 4.94. The number of nitrogens with zero attached hydrogens (tertiary/aromatic N) is 2. The first-order chi connectivity index (χ1) is 12.7. The Morgan fingerprint density at radius 1 is 0.963 bits per heavy atom.